The Balaban J connectivity index is 2.01. The fraction of sp³-hybridized carbons (Fsp3) is 0.267. The largest absolute Gasteiger partial charge is 0.448 e. The molecule has 2 aromatic rings. The van der Waals surface area contributed by atoms with Crippen LogP contribution >= 0.6 is 11.3 Å². The maximum absolute atomic E-state index is 12.2. The minimum absolute atomic E-state index is 0.388. The lowest BCUT2D eigenvalue weighted by Crippen LogP contribution is -2.44. The highest BCUT2D eigenvalue weighted by Crippen LogP contribution is 2.22. The van der Waals surface area contributed by atoms with Gasteiger partial charge in [-0.05, 0) is 37.4 Å². The molecule has 2 aromatic heterocycles. The van der Waals surface area contributed by atoms with Crippen LogP contribution in [0.3, 0.4) is 0 Å². The molecule has 0 bridgehead atoms. The number of urea groups is 1. The van der Waals surface area contributed by atoms with Gasteiger partial charge in [-0.3, -0.25) is 10.1 Å². The summed E-state index contributed by atoms with van der Waals surface area (Å²) in [5, 5.41) is 6.30. The van der Waals surface area contributed by atoms with Crippen LogP contribution in [0.5, 0.6) is 0 Å². The maximum atomic E-state index is 12.2. The van der Waals surface area contributed by atoms with Crippen LogP contribution in [0.1, 0.15) is 23.5 Å². The number of carbonyl (C=O) groups is 3. The van der Waals surface area contributed by atoms with Gasteiger partial charge in [0.25, 0.3) is 5.91 Å². The third-order valence-electron chi connectivity index (χ3n) is 2.94. The number of ether oxygens (including phenoxy) is 1. The fourth-order valence-corrected chi connectivity index (χ4v) is 2.61. The van der Waals surface area contributed by atoms with Gasteiger partial charge < -0.3 is 14.6 Å². The second-order valence-electron chi connectivity index (χ2n) is 4.62. The van der Waals surface area contributed by atoms with Crippen molar-refractivity contribution < 1.29 is 19.1 Å². The molecule has 0 aliphatic heterocycles. The number of thiophene rings is 1. The molecule has 0 saturated carbocycles. The smallest absolute Gasteiger partial charge is 0.351 e. The van der Waals surface area contributed by atoms with E-state index in [2.05, 4.69) is 10.6 Å². The summed E-state index contributed by atoms with van der Waals surface area (Å²) in [5.74, 6) is -1.29. The monoisotopic (exact) mass is 335 g/mol. The zero-order valence-electron chi connectivity index (χ0n) is 12.7. The van der Waals surface area contributed by atoms with E-state index in [0.29, 0.717) is 17.1 Å². The van der Waals surface area contributed by atoms with Crippen molar-refractivity contribution in [1.29, 1.82) is 0 Å². The highest BCUT2D eigenvalue weighted by molar-refractivity contribution is 7.12. The Labute approximate surface area is 137 Å². The summed E-state index contributed by atoms with van der Waals surface area (Å²) in [6.07, 6.45) is 2.54. The summed E-state index contributed by atoms with van der Waals surface area (Å²) >= 11 is 1.23. The number of esters is 1. The van der Waals surface area contributed by atoms with Gasteiger partial charge in [-0.2, -0.15) is 0 Å². The van der Waals surface area contributed by atoms with E-state index in [4.69, 9.17) is 4.74 Å². The molecule has 23 heavy (non-hydrogen) atoms. The van der Waals surface area contributed by atoms with Crippen LogP contribution in [0, 0.1) is 0 Å². The number of nitrogens with one attached hydrogen (secondary N) is 2. The molecule has 122 valence electrons. The van der Waals surface area contributed by atoms with E-state index in [9.17, 15) is 14.4 Å². The standard InChI is InChI=1S/C15H17N3O4S/c1-3-16-15(21)17-13(19)10(2)22-14(20)12-11(6-9-23-12)18-7-4-5-8-18/h4-10H,3H2,1-2H3,(H2,16,17,19,21). The summed E-state index contributed by atoms with van der Waals surface area (Å²) in [6, 6.07) is 4.86. The van der Waals surface area contributed by atoms with E-state index in [-0.39, 0.29) is 0 Å². The third kappa shape index (κ3) is 4.19. The van der Waals surface area contributed by atoms with Gasteiger partial charge in [0.2, 0.25) is 0 Å². The van der Waals surface area contributed by atoms with Crippen LogP contribution in [0.2, 0.25) is 0 Å². The molecule has 0 radical (unpaired) electrons. The van der Waals surface area contributed by atoms with Crippen molar-refractivity contribution in [2.75, 3.05) is 6.54 Å². The van der Waals surface area contributed by atoms with Crippen molar-refractivity contribution in [3.63, 3.8) is 0 Å². The van der Waals surface area contributed by atoms with Gasteiger partial charge >= 0.3 is 12.0 Å². The Kier molecular flexibility index (Phi) is 5.53. The molecule has 0 spiro atoms. The van der Waals surface area contributed by atoms with E-state index in [0.717, 1.165) is 0 Å². The molecule has 0 aromatic carbocycles. The first-order chi connectivity index (χ1) is 11.0. The van der Waals surface area contributed by atoms with Crippen LogP contribution in [0.15, 0.2) is 36.0 Å². The Hall–Kier alpha value is -2.61. The van der Waals surface area contributed by atoms with Crippen LogP contribution < -0.4 is 10.6 Å². The number of rotatable bonds is 5. The van der Waals surface area contributed by atoms with Gasteiger partial charge in [0.1, 0.15) is 4.88 Å². The first-order valence-electron chi connectivity index (χ1n) is 7.03. The highest BCUT2D eigenvalue weighted by atomic mass is 32.1. The van der Waals surface area contributed by atoms with Gasteiger partial charge in [0.15, 0.2) is 6.10 Å². The zero-order chi connectivity index (χ0) is 16.8. The maximum Gasteiger partial charge on any atom is 0.351 e. The fourth-order valence-electron chi connectivity index (χ4n) is 1.84. The lowest BCUT2D eigenvalue weighted by atomic mass is 10.3. The van der Waals surface area contributed by atoms with E-state index in [1.165, 1.54) is 18.3 Å². The zero-order valence-corrected chi connectivity index (χ0v) is 13.6. The Morgan fingerprint density at radius 1 is 1.30 bits per heavy atom. The molecule has 0 aliphatic rings. The third-order valence-corrected chi connectivity index (χ3v) is 3.82. The number of hydrogen-bond acceptors (Lipinski definition) is 5. The quantitative estimate of drug-likeness (QED) is 0.817. The summed E-state index contributed by atoms with van der Waals surface area (Å²) in [7, 11) is 0. The Morgan fingerprint density at radius 2 is 2.00 bits per heavy atom. The predicted molar refractivity (Wildman–Crippen MR) is 85.7 cm³/mol. The number of imide groups is 1. The van der Waals surface area contributed by atoms with E-state index in [1.54, 1.807) is 22.9 Å². The summed E-state index contributed by atoms with van der Waals surface area (Å²) < 4.78 is 6.92. The van der Waals surface area contributed by atoms with Crippen molar-refractivity contribution in [2.45, 2.75) is 20.0 Å². The molecule has 3 amide bonds. The number of carbonyl (C=O) groups excluding carboxylic acids is 3. The lowest BCUT2D eigenvalue weighted by Gasteiger charge is -2.13. The normalized spacial score (nSPS) is 11.6. The molecule has 7 nitrogen and oxygen atoms in total. The van der Waals surface area contributed by atoms with Crippen molar-refractivity contribution in [1.82, 2.24) is 15.2 Å². The van der Waals surface area contributed by atoms with Crippen molar-refractivity contribution in [3.8, 4) is 5.69 Å². The number of hydrogen-bond donors (Lipinski definition) is 2. The average molecular weight is 335 g/mol. The van der Waals surface area contributed by atoms with E-state index in [1.807, 2.05) is 24.5 Å². The molecular weight excluding hydrogens is 318 g/mol. The van der Waals surface area contributed by atoms with Gasteiger partial charge in [-0.1, -0.05) is 0 Å². The van der Waals surface area contributed by atoms with Crippen molar-refractivity contribution >= 4 is 29.2 Å². The van der Waals surface area contributed by atoms with Gasteiger partial charge in [-0.25, -0.2) is 9.59 Å². The second kappa shape index (κ2) is 7.59. The second-order valence-corrected chi connectivity index (χ2v) is 5.54. The summed E-state index contributed by atoms with van der Waals surface area (Å²) in [6.45, 7) is 3.53. The number of nitrogens with zero attached hydrogens (tertiary/aromatic N) is 1. The van der Waals surface area contributed by atoms with Crippen molar-refractivity contribution in [3.05, 3.63) is 40.8 Å². The van der Waals surface area contributed by atoms with Crippen LogP contribution in [0.4, 0.5) is 4.79 Å². The summed E-state index contributed by atoms with van der Waals surface area (Å²) in [4.78, 5) is 35.7. The first kappa shape index (κ1) is 16.8. The minimum atomic E-state index is -1.08. The predicted octanol–water partition coefficient (Wildman–Crippen LogP) is 1.93. The minimum Gasteiger partial charge on any atom is -0.448 e. The Morgan fingerprint density at radius 3 is 2.65 bits per heavy atom. The SMILES string of the molecule is CCNC(=O)NC(=O)C(C)OC(=O)c1sccc1-n1cccc1. The molecule has 0 aliphatic carbocycles. The lowest BCUT2D eigenvalue weighted by molar-refractivity contribution is -0.127. The van der Waals surface area contributed by atoms with Crippen molar-refractivity contribution in [2.24, 2.45) is 0 Å². The molecule has 2 heterocycles. The van der Waals surface area contributed by atoms with E-state index < -0.39 is 24.0 Å². The van der Waals surface area contributed by atoms with Crippen LogP contribution in [-0.2, 0) is 9.53 Å². The highest BCUT2D eigenvalue weighted by Gasteiger charge is 2.23. The average Bonchev–Trinajstić information content (AvgIpc) is 3.17. The number of aromatic nitrogens is 1. The Bertz CT molecular complexity index is 693. The topological polar surface area (TPSA) is 89.4 Å². The molecule has 0 fully saturated rings. The van der Waals surface area contributed by atoms with E-state index >= 15 is 0 Å². The molecule has 2 N–H and O–H groups in total. The molecular formula is C15H17N3O4S. The number of amides is 3. The van der Waals surface area contributed by atoms with Gasteiger partial charge in [0, 0.05) is 18.9 Å². The molecule has 1 atom stereocenters. The summed E-state index contributed by atoms with van der Waals surface area (Å²) in [5.41, 5.74) is 0.682. The van der Waals surface area contributed by atoms with Crippen LogP contribution in [-0.4, -0.2) is 35.1 Å². The first-order valence-corrected chi connectivity index (χ1v) is 7.91. The molecule has 2 rings (SSSR count). The molecule has 8 heteroatoms. The van der Waals surface area contributed by atoms with Crippen LogP contribution in [0.25, 0.3) is 5.69 Å². The van der Waals surface area contributed by atoms with Gasteiger partial charge in [-0.15, -0.1) is 11.3 Å². The van der Waals surface area contributed by atoms with Gasteiger partial charge in [0.05, 0.1) is 5.69 Å². The molecule has 0 saturated heterocycles. The molecule has 1 unspecified atom stereocenters.